The van der Waals surface area contributed by atoms with E-state index in [9.17, 15) is 14.9 Å². The maximum atomic E-state index is 12.3. The number of halogens is 2. The fraction of sp³-hybridized carbons (Fsp3) is 0.471. The number of carbonyl (C=O) groups is 2. The molecule has 0 radical (unpaired) electrons. The quantitative estimate of drug-likeness (QED) is 0.814. The zero-order chi connectivity index (χ0) is 18.6. The summed E-state index contributed by atoms with van der Waals surface area (Å²) in [6, 6.07) is 6.48. The minimum atomic E-state index is -0.981. The Balaban J connectivity index is 1.99. The molecule has 0 aliphatic carbocycles. The Morgan fingerprint density at radius 2 is 2.04 bits per heavy atom. The maximum Gasteiger partial charge on any atom is 0.320 e. The van der Waals surface area contributed by atoms with E-state index in [0.29, 0.717) is 41.5 Å². The number of hydrogen-bond donors (Lipinski definition) is 2. The van der Waals surface area contributed by atoms with E-state index in [2.05, 4.69) is 11.4 Å². The molecule has 0 spiro atoms. The van der Waals surface area contributed by atoms with Gasteiger partial charge in [-0.1, -0.05) is 29.3 Å². The van der Waals surface area contributed by atoms with Gasteiger partial charge in [0.05, 0.1) is 12.5 Å². The van der Waals surface area contributed by atoms with Crippen molar-refractivity contribution in [1.82, 2.24) is 10.2 Å². The van der Waals surface area contributed by atoms with Crippen LogP contribution in [0.15, 0.2) is 18.2 Å². The summed E-state index contributed by atoms with van der Waals surface area (Å²) in [7, 11) is 0. The Bertz CT molecular complexity index is 710. The van der Waals surface area contributed by atoms with E-state index >= 15 is 0 Å². The van der Waals surface area contributed by atoms with Gasteiger partial charge >= 0.3 is 5.97 Å². The van der Waals surface area contributed by atoms with Crippen molar-refractivity contribution in [2.24, 2.45) is 0 Å². The van der Waals surface area contributed by atoms with Gasteiger partial charge in [0.1, 0.15) is 11.6 Å². The normalized spacial score (nSPS) is 18.2. The Morgan fingerprint density at radius 1 is 1.40 bits per heavy atom. The van der Waals surface area contributed by atoms with E-state index < -0.39 is 17.6 Å². The SMILES string of the molecule is CC(C(=O)O)N1CCC(C#N)(NC(=O)Cc2ccc(Cl)cc2Cl)CC1. The summed E-state index contributed by atoms with van der Waals surface area (Å²) < 4.78 is 0. The lowest BCUT2D eigenvalue weighted by atomic mass is 9.88. The monoisotopic (exact) mass is 383 g/mol. The van der Waals surface area contributed by atoms with Crippen molar-refractivity contribution in [3.05, 3.63) is 33.8 Å². The molecule has 1 aliphatic heterocycles. The molecule has 1 aromatic carbocycles. The minimum Gasteiger partial charge on any atom is -0.480 e. The standard InChI is InChI=1S/C17H19Cl2N3O3/c1-11(16(24)25)22-6-4-17(10-20,5-7-22)21-15(23)8-12-2-3-13(18)9-14(12)19/h2-3,9,11H,4-8H2,1H3,(H,21,23)(H,24,25). The Kier molecular flexibility index (Phi) is 6.28. The smallest absolute Gasteiger partial charge is 0.320 e. The molecule has 0 saturated carbocycles. The predicted molar refractivity (Wildman–Crippen MR) is 94.6 cm³/mol. The number of rotatable bonds is 5. The van der Waals surface area contributed by atoms with Crippen LogP contribution in [0.4, 0.5) is 0 Å². The lowest BCUT2D eigenvalue weighted by Crippen LogP contribution is -2.56. The molecule has 1 aromatic rings. The van der Waals surface area contributed by atoms with E-state index in [4.69, 9.17) is 28.3 Å². The van der Waals surface area contributed by atoms with Crippen LogP contribution in [-0.2, 0) is 16.0 Å². The number of nitrogens with zero attached hydrogens (tertiary/aromatic N) is 2. The van der Waals surface area contributed by atoms with Gasteiger partial charge in [0, 0.05) is 23.1 Å². The van der Waals surface area contributed by atoms with Crippen LogP contribution < -0.4 is 5.32 Å². The number of carbonyl (C=O) groups excluding carboxylic acids is 1. The van der Waals surface area contributed by atoms with Gasteiger partial charge in [-0.15, -0.1) is 0 Å². The summed E-state index contributed by atoms with van der Waals surface area (Å²) in [6.07, 6.45) is 0.803. The third-order valence-corrected chi connectivity index (χ3v) is 5.10. The number of hydrogen-bond acceptors (Lipinski definition) is 4. The molecule has 1 saturated heterocycles. The highest BCUT2D eigenvalue weighted by Crippen LogP contribution is 2.25. The van der Waals surface area contributed by atoms with Crippen molar-refractivity contribution in [2.75, 3.05) is 13.1 Å². The second-order valence-electron chi connectivity index (χ2n) is 6.20. The van der Waals surface area contributed by atoms with Crippen molar-refractivity contribution < 1.29 is 14.7 Å². The molecule has 8 heteroatoms. The highest BCUT2D eigenvalue weighted by atomic mass is 35.5. The van der Waals surface area contributed by atoms with Crippen molar-refractivity contribution in [3.63, 3.8) is 0 Å². The minimum absolute atomic E-state index is 0.0503. The molecule has 2 rings (SSSR count). The molecular formula is C17H19Cl2N3O3. The number of nitriles is 1. The molecule has 0 aromatic heterocycles. The first-order valence-electron chi connectivity index (χ1n) is 7.89. The van der Waals surface area contributed by atoms with Crippen LogP contribution in [0.3, 0.4) is 0 Å². The third kappa shape index (κ3) is 4.85. The molecule has 1 atom stereocenters. The van der Waals surface area contributed by atoms with Crippen LogP contribution >= 0.6 is 23.2 Å². The largest absolute Gasteiger partial charge is 0.480 e. The molecule has 2 N–H and O–H groups in total. The van der Waals surface area contributed by atoms with E-state index in [-0.39, 0.29) is 12.3 Å². The molecule has 134 valence electrons. The lowest BCUT2D eigenvalue weighted by Gasteiger charge is -2.39. The van der Waals surface area contributed by atoms with Gasteiger partial charge in [-0.3, -0.25) is 14.5 Å². The fourth-order valence-corrected chi connectivity index (χ4v) is 3.34. The topological polar surface area (TPSA) is 93.4 Å². The zero-order valence-corrected chi connectivity index (χ0v) is 15.3. The van der Waals surface area contributed by atoms with Crippen LogP contribution in [0, 0.1) is 11.3 Å². The van der Waals surface area contributed by atoms with Gasteiger partial charge in [0.15, 0.2) is 0 Å². The average molecular weight is 384 g/mol. The van der Waals surface area contributed by atoms with Gasteiger partial charge in [0.2, 0.25) is 5.91 Å². The highest BCUT2D eigenvalue weighted by Gasteiger charge is 2.38. The second kappa shape index (κ2) is 8.05. The fourth-order valence-electron chi connectivity index (χ4n) is 2.86. The number of carboxylic acid groups (broad SMARTS) is 1. The van der Waals surface area contributed by atoms with Crippen molar-refractivity contribution >= 4 is 35.1 Å². The van der Waals surface area contributed by atoms with E-state index in [1.165, 1.54) is 0 Å². The Hall–Kier alpha value is -1.81. The molecule has 6 nitrogen and oxygen atoms in total. The number of nitrogens with one attached hydrogen (secondary N) is 1. The zero-order valence-electron chi connectivity index (χ0n) is 13.8. The van der Waals surface area contributed by atoms with Crippen LogP contribution in [0.5, 0.6) is 0 Å². The van der Waals surface area contributed by atoms with Crippen LogP contribution in [0.2, 0.25) is 10.0 Å². The van der Waals surface area contributed by atoms with E-state index in [1.807, 2.05) is 0 Å². The number of aliphatic carboxylic acids is 1. The van der Waals surface area contributed by atoms with E-state index in [0.717, 1.165) is 0 Å². The summed E-state index contributed by atoms with van der Waals surface area (Å²) in [5, 5.41) is 22.3. The van der Waals surface area contributed by atoms with Gasteiger partial charge < -0.3 is 10.4 Å². The molecule has 1 fully saturated rings. The van der Waals surface area contributed by atoms with Crippen LogP contribution in [0.1, 0.15) is 25.3 Å². The van der Waals surface area contributed by atoms with Crippen molar-refractivity contribution in [3.8, 4) is 6.07 Å². The molecule has 1 aliphatic rings. The first kappa shape index (κ1) is 19.5. The first-order valence-corrected chi connectivity index (χ1v) is 8.65. The molecule has 1 heterocycles. The summed E-state index contributed by atoms with van der Waals surface area (Å²) in [5.41, 5.74) is -0.348. The first-order chi connectivity index (χ1) is 11.8. The number of benzene rings is 1. The van der Waals surface area contributed by atoms with E-state index in [1.54, 1.807) is 30.0 Å². The number of amides is 1. The number of likely N-dealkylation sites (tertiary alicyclic amines) is 1. The average Bonchev–Trinajstić information content (AvgIpc) is 2.57. The molecule has 25 heavy (non-hydrogen) atoms. The Labute approximate surface area is 156 Å². The lowest BCUT2D eigenvalue weighted by molar-refractivity contribution is -0.143. The number of piperidine rings is 1. The summed E-state index contributed by atoms with van der Waals surface area (Å²) >= 11 is 11.9. The van der Waals surface area contributed by atoms with Gasteiger partial charge in [-0.25, -0.2) is 0 Å². The molecule has 0 bridgehead atoms. The predicted octanol–water partition coefficient (Wildman–Crippen LogP) is 2.48. The molecule has 1 unspecified atom stereocenters. The van der Waals surface area contributed by atoms with Gasteiger partial charge in [-0.05, 0) is 37.5 Å². The third-order valence-electron chi connectivity index (χ3n) is 4.52. The summed E-state index contributed by atoms with van der Waals surface area (Å²) in [6.45, 7) is 2.48. The van der Waals surface area contributed by atoms with Crippen LogP contribution in [0.25, 0.3) is 0 Å². The van der Waals surface area contributed by atoms with Crippen molar-refractivity contribution in [1.29, 1.82) is 5.26 Å². The highest BCUT2D eigenvalue weighted by molar-refractivity contribution is 6.35. The Morgan fingerprint density at radius 3 is 2.56 bits per heavy atom. The van der Waals surface area contributed by atoms with Gasteiger partial charge in [-0.2, -0.15) is 5.26 Å². The second-order valence-corrected chi connectivity index (χ2v) is 7.05. The summed E-state index contributed by atoms with van der Waals surface area (Å²) in [5.74, 6) is -1.20. The summed E-state index contributed by atoms with van der Waals surface area (Å²) in [4.78, 5) is 25.2. The number of carboxylic acids is 1. The van der Waals surface area contributed by atoms with Gasteiger partial charge in [0.25, 0.3) is 0 Å². The van der Waals surface area contributed by atoms with Crippen molar-refractivity contribution in [2.45, 2.75) is 37.8 Å². The van der Waals surface area contributed by atoms with Crippen LogP contribution in [-0.4, -0.2) is 46.6 Å². The molecule has 1 amide bonds. The molecular weight excluding hydrogens is 365 g/mol. The maximum absolute atomic E-state index is 12.3.